The summed E-state index contributed by atoms with van der Waals surface area (Å²) < 4.78 is 8.74. The summed E-state index contributed by atoms with van der Waals surface area (Å²) in [4.78, 5) is 0. The van der Waals surface area contributed by atoms with Crippen molar-refractivity contribution in [3.8, 4) is 0 Å². The van der Waals surface area contributed by atoms with Crippen molar-refractivity contribution >= 4 is 15.9 Å². The predicted octanol–water partition coefficient (Wildman–Crippen LogP) is 3.56. The number of halogens is 1. The molecule has 0 aromatic carbocycles. The first-order chi connectivity index (χ1) is 10.1. The van der Waals surface area contributed by atoms with Crippen molar-refractivity contribution in [3.05, 3.63) is 15.9 Å². The molecule has 2 unspecified atom stereocenters. The lowest BCUT2D eigenvalue weighted by Crippen LogP contribution is -2.35. The molecule has 0 spiro atoms. The summed E-state index contributed by atoms with van der Waals surface area (Å²) in [6.45, 7) is 10.6. The van der Waals surface area contributed by atoms with E-state index in [-0.39, 0.29) is 6.10 Å². The molecule has 1 aromatic heterocycles. The van der Waals surface area contributed by atoms with E-state index in [1.807, 2.05) is 0 Å². The minimum atomic E-state index is 0.266. The number of hydrogen-bond acceptors (Lipinski definition) is 3. The molecule has 1 aromatic rings. The van der Waals surface area contributed by atoms with Crippen LogP contribution in [0.15, 0.2) is 4.47 Å². The molecule has 0 aliphatic carbocycles. The van der Waals surface area contributed by atoms with Gasteiger partial charge in [0.25, 0.3) is 0 Å². The second kappa shape index (κ2) is 9.59. The van der Waals surface area contributed by atoms with Gasteiger partial charge >= 0.3 is 0 Å². The van der Waals surface area contributed by atoms with Gasteiger partial charge in [-0.3, -0.25) is 4.68 Å². The maximum atomic E-state index is 5.44. The standard InChI is InChI=1S/C16H30BrN3O/c1-6-9-18-13(10-12(4)21-5)11-15-16(17)14(7-2)19-20(15)8-3/h12-13,18H,6-11H2,1-5H3. The van der Waals surface area contributed by atoms with Gasteiger partial charge in [0.2, 0.25) is 0 Å². The van der Waals surface area contributed by atoms with E-state index in [0.29, 0.717) is 6.04 Å². The molecule has 0 aliphatic rings. The second-order valence-electron chi connectivity index (χ2n) is 5.51. The number of nitrogens with zero attached hydrogens (tertiary/aromatic N) is 2. The van der Waals surface area contributed by atoms with Gasteiger partial charge < -0.3 is 10.1 Å². The van der Waals surface area contributed by atoms with Crippen LogP contribution < -0.4 is 5.32 Å². The number of methoxy groups -OCH3 is 1. The van der Waals surface area contributed by atoms with Crippen LogP contribution in [0.25, 0.3) is 0 Å². The predicted molar refractivity (Wildman–Crippen MR) is 91.9 cm³/mol. The lowest BCUT2D eigenvalue weighted by atomic mass is 10.0. The average molecular weight is 360 g/mol. The topological polar surface area (TPSA) is 39.1 Å². The van der Waals surface area contributed by atoms with E-state index in [0.717, 1.165) is 44.5 Å². The molecule has 1 heterocycles. The Hall–Kier alpha value is -0.390. The Balaban J connectivity index is 2.88. The molecule has 1 N–H and O–H groups in total. The zero-order valence-electron chi connectivity index (χ0n) is 14.1. The van der Waals surface area contributed by atoms with Crippen LogP contribution in [0.5, 0.6) is 0 Å². The molecular formula is C16H30BrN3O. The van der Waals surface area contributed by atoms with Gasteiger partial charge in [0, 0.05) is 26.1 Å². The van der Waals surface area contributed by atoms with E-state index in [4.69, 9.17) is 9.84 Å². The van der Waals surface area contributed by atoms with Crippen LogP contribution in [0.4, 0.5) is 0 Å². The van der Waals surface area contributed by atoms with Gasteiger partial charge in [0.1, 0.15) is 0 Å². The van der Waals surface area contributed by atoms with Crippen molar-refractivity contribution in [3.63, 3.8) is 0 Å². The minimum Gasteiger partial charge on any atom is -0.382 e. The van der Waals surface area contributed by atoms with Crippen LogP contribution in [0.1, 0.15) is 51.9 Å². The molecule has 5 heteroatoms. The second-order valence-corrected chi connectivity index (χ2v) is 6.31. The molecule has 0 fully saturated rings. The van der Waals surface area contributed by atoms with E-state index in [2.05, 4.69) is 53.6 Å². The third-order valence-electron chi connectivity index (χ3n) is 3.84. The molecule has 122 valence electrons. The van der Waals surface area contributed by atoms with E-state index in [9.17, 15) is 0 Å². The lowest BCUT2D eigenvalue weighted by Gasteiger charge is -2.22. The Morgan fingerprint density at radius 2 is 2.05 bits per heavy atom. The highest BCUT2D eigenvalue weighted by Gasteiger charge is 2.20. The fraction of sp³-hybridized carbons (Fsp3) is 0.812. The fourth-order valence-corrected chi connectivity index (χ4v) is 3.26. The Morgan fingerprint density at radius 1 is 1.33 bits per heavy atom. The van der Waals surface area contributed by atoms with Crippen LogP contribution in [0.2, 0.25) is 0 Å². The molecule has 0 radical (unpaired) electrons. The van der Waals surface area contributed by atoms with E-state index >= 15 is 0 Å². The monoisotopic (exact) mass is 359 g/mol. The molecule has 4 nitrogen and oxygen atoms in total. The smallest absolute Gasteiger partial charge is 0.0766 e. The average Bonchev–Trinajstić information content (AvgIpc) is 2.80. The van der Waals surface area contributed by atoms with Gasteiger partial charge in [-0.1, -0.05) is 13.8 Å². The van der Waals surface area contributed by atoms with Gasteiger partial charge in [-0.05, 0) is 55.6 Å². The summed E-state index contributed by atoms with van der Waals surface area (Å²) in [5.74, 6) is 0. The van der Waals surface area contributed by atoms with E-state index in [1.165, 1.54) is 10.2 Å². The number of nitrogens with one attached hydrogen (secondary N) is 1. The molecule has 2 atom stereocenters. The number of aryl methyl sites for hydroxylation is 2. The summed E-state index contributed by atoms with van der Waals surface area (Å²) in [5.41, 5.74) is 2.45. The Labute approximate surface area is 137 Å². The Bertz CT molecular complexity index is 420. The highest BCUT2D eigenvalue weighted by Crippen LogP contribution is 2.24. The minimum absolute atomic E-state index is 0.266. The number of rotatable bonds is 10. The van der Waals surface area contributed by atoms with Crippen LogP contribution in [0.3, 0.4) is 0 Å². The fourth-order valence-electron chi connectivity index (χ4n) is 2.53. The van der Waals surface area contributed by atoms with E-state index in [1.54, 1.807) is 7.11 Å². The third kappa shape index (κ3) is 5.38. The first kappa shape index (κ1) is 18.7. The van der Waals surface area contributed by atoms with Crippen LogP contribution >= 0.6 is 15.9 Å². The maximum absolute atomic E-state index is 5.44. The zero-order valence-corrected chi connectivity index (χ0v) is 15.7. The Kier molecular flexibility index (Phi) is 8.52. The zero-order chi connectivity index (χ0) is 15.8. The SMILES string of the molecule is CCCNC(Cc1c(Br)c(CC)nn1CC)CC(C)OC. The molecule has 0 bridgehead atoms. The van der Waals surface area contributed by atoms with Gasteiger partial charge in [-0.2, -0.15) is 5.10 Å². The van der Waals surface area contributed by atoms with Crippen molar-refractivity contribution in [1.82, 2.24) is 15.1 Å². The summed E-state index contributed by atoms with van der Waals surface area (Å²) >= 11 is 3.74. The lowest BCUT2D eigenvalue weighted by molar-refractivity contribution is 0.100. The molecule has 0 saturated carbocycles. The van der Waals surface area contributed by atoms with E-state index < -0.39 is 0 Å². The summed E-state index contributed by atoms with van der Waals surface area (Å²) in [6, 6.07) is 0.419. The van der Waals surface area contributed by atoms with Crippen molar-refractivity contribution in [1.29, 1.82) is 0 Å². The summed E-state index contributed by atoms with van der Waals surface area (Å²) in [7, 11) is 1.78. The molecule has 0 amide bonds. The molecular weight excluding hydrogens is 330 g/mol. The Morgan fingerprint density at radius 3 is 2.57 bits per heavy atom. The highest BCUT2D eigenvalue weighted by molar-refractivity contribution is 9.10. The van der Waals surface area contributed by atoms with Gasteiger partial charge in [-0.15, -0.1) is 0 Å². The molecule has 0 saturated heterocycles. The van der Waals surface area contributed by atoms with Crippen LogP contribution in [0, 0.1) is 0 Å². The van der Waals surface area contributed by atoms with Crippen molar-refractivity contribution in [2.45, 2.75) is 72.1 Å². The van der Waals surface area contributed by atoms with Crippen LogP contribution in [-0.2, 0) is 24.1 Å². The van der Waals surface area contributed by atoms with Crippen molar-refractivity contribution in [2.24, 2.45) is 0 Å². The third-order valence-corrected chi connectivity index (χ3v) is 4.75. The molecule has 0 aliphatic heterocycles. The summed E-state index contributed by atoms with van der Waals surface area (Å²) in [5, 5.41) is 8.34. The number of aromatic nitrogens is 2. The van der Waals surface area contributed by atoms with Gasteiger partial charge in [0.15, 0.2) is 0 Å². The molecule has 21 heavy (non-hydrogen) atoms. The largest absolute Gasteiger partial charge is 0.382 e. The molecule has 1 rings (SSSR count). The highest BCUT2D eigenvalue weighted by atomic mass is 79.9. The quantitative estimate of drug-likeness (QED) is 0.693. The normalized spacial score (nSPS) is 14.4. The first-order valence-electron chi connectivity index (χ1n) is 8.07. The van der Waals surface area contributed by atoms with Crippen molar-refractivity contribution < 1.29 is 4.74 Å². The van der Waals surface area contributed by atoms with Crippen LogP contribution in [-0.4, -0.2) is 35.6 Å². The van der Waals surface area contributed by atoms with Crippen molar-refractivity contribution in [2.75, 3.05) is 13.7 Å². The summed E-state index contributed by atoms with van der Waals surface area (Å²) in [6.07, 6.45) is 4.37. The van der Waals surface area contributed by atoms with Gasteiger partial charge in [-0.25, -0.2) is 0 Å². The number of ether oxygens (including phenoxy) is 1. The first-order valence-corrected chi connectivity index (χ1v) is 8.86. The number of hydrogen-bond donors (Lipinski definition) is 1. The van der Waals surface area contributed by atoms with Gasteiger partial charge in [0.05, 0.1) is 22.0 Å². The maximum Gasteiger partial charge on any atom is 0.0766 e.